The molecular weight excluding hydrogens is 254 g/mol. The van der Waals surface area contributed by atoms with Gasteiger partial charge in [0, 0.05) is 32.2 Å². The molecule has 0 aliphatic rings. The molecule has 0 aliphatic carbocycles. The van der Waals surface area contributed by atoms with E-state index < -0.39 is 0 Å². The van der Waals surface area contributed by atoms with Crippen LogP contribution in [0.15, 0.2) is 6.07 Å². The van der Waals surface area contributed by atoms with E-state index in [1.54, 1.807) is 0 Å². The van der Waals surface area contributed by atoms with E-state index in [-0.39, 0.29) is 0 Å². The smallest absolute Gasteiger partial charge is 0.218 e. The summed E-state index contributed by atoms with van der Waals surface area (Å²) in [5.74, 6) is 2.76. The number of aryl methyl sites for hydroxylation is 1. The van der Waals surface area contributed by atoms with Gasteiger partial charge in [0.1, 0.15) is 11.6 Å². The molecule has 0 aromatic carbocycles. The molecule has 5 nitrogen and oxygen atoms in total. The fourth-order valence-electron chi connectivity index (χ4n) is 1.58. The molecule has 114 valence electrons. The predicted molar refractivity (Wildman–Crippen MR) is 81.3 cm³/mol. The van der Waals surface area contributed by atoms with Gasteiger partial charge in [0.05, 0.1) is 6.61 Å². The second-order valence-electron chi connectivity index (χ2n) is 5.04. The zero-order chi connectivity index (χ0) is 14.8. The lowest BCUT2D eigenvalue weighted by atomic mass is 10.2. The normalized spacial score (nSPS) is 10.8. The van der Waals surface area contributed by atoms with Crippen molar-refractivity contribution in [3.8, 4) is 5.88 Å². The van der Waals surface area contributed by atoms with Crippen LogP contribution in [-0.2, 0) is 11.2 Å². The van der Waals surface area contributed by atoms with Crippen LogP contribution >= 0.6 is 0 Å². The molecule has 0 fully saturated rings. The van der Waals surface area contributed by atoms with Gasteiger partial charge in [-0.15, -0.1) is 0 Å². The second kappa shape index (κ2) is 9.53. The maximum absolute atomic E-state index is 5.68. The number of rotatable bonds is 10. The van der Waals surface area contributed by atoms with Crippen molar-refractivity contribution in [3.05, 3.63) is 11.9 Å². The number of anilines is 1. The Labute approximate surface area is 122 Å². The number of hydrogen-bond donors (Lipinski definition) is 1. The molecule has 0 unspecified atom stereocenters. The van der Waals surface area contributed by atoms with Crippen LogP contribution in [0, 0.1) is 5.92 Å². The van der Waals surface area contributed by atoms with E-state index in [1.807, 2.05) is 19.9 Å². The van der Waals surface area contributed by atoms with Crippen LogP contribution in [0.3, 0.4) is 0 Å². The molecule has 20 heavy (non-hydrogen) atoms. The molecule has 0 saturated carbocycles. The Bertz CT molecular complexity index is 383. The summed E-state index contributed by atoms with van der Waals surface area (Å²) in [6.07, 6.45) is 1.76. The highest BCUT2D eigenvalue weighted by atomic mass is 16.5. The van der Waals surface area contributed by atoms with Crippen LogP contribution in [0.2, 0.25) is 0 Å². The van der Waals surface area contributed by atoms with Gasteiger partial charge in [-0.3, -0.25) is 0 Å². The first-order chi connectivity index (χ1) is 9.65. The molecule has 5 heteroatoms. The molecule has 1 rings (SSSR count). The van der Waals surface area contributed by atoms with Crippen molar-refractivity contribution < 1.29 is 9.47 Å². The zero-order valence-corrected chi connectivity index (χ0v) is 13.1. The van der Waals surface area contributed by atoms with E-state index in [0.29, 0.717) is 18.4 Å². The van der Waals surface area contributed by atoms with Gasteiger partial charge in [0.2, 0.25) is 5.88 Å². The first-order valence-electron chi connectivity index (χ1n) is 7.48. The Balaban J connectivity index is 2.53. The third kappa shape index (κ3) is 6.70. The summed E-state index contributed by atoms with van der Waals surface area (Å²) in [6, 6.07) is 1.86. The van der Waals surface area contributed by atoms with Crippen LogP contribution in [0.1, 0.15) is 39.9 Å². The minimum absolute atomic E-state index is 0.484. The van der Waals surface area contributed by atoms with Crippen LogP contribution < -0.4 is 10.1 Å². The van der Waals surface area contributed by atoms with Crippen molar-refractivity contribution in [2.75, 3.05) is 31.7 Å². The van der Waals surface area contributed by atoms with Crippen LogP contribution in [0.5, 0.6) is 5.88 Å². The fourth-order valence-corrected chi connectivity index (χ4v) is 1.58. The highest BCUT2D eigenvalue weighted by molar-refractivity contribution is 5.38. The van der Waals surface area contributed by atoms with Gasteiger partial charge in [-0.2, -0.15) is 4.98 Å². The standard InChI is InChI=1S/C15H27N3O2/c1-5-13-17-14(16-8-7-9-19-6-2)10-15(18-13)20-11-12(3)4/h10,12H,5-9,11H2,1-4H3,(H,16,17,18). The molecule has 1 N–H and O–H groups in total. The molecular formula is C15H27N3O2. The Kier molecular flexibility index (Phi) is 7.95. The Morgan fingerprint density at radius 3 is 2.70 bits per heavy atom. The average molecular weight is 281 g/mol. The maximum Gasteiger partial charge on any atom is 0.218 e. The number of nitrogens with zero attached hydrogens (tertiary/aromatic N) is 2. The number of hydrogen-bond acceptors (Lipinski definition) is 5. The highest BCUT2D eigenvalue weighted by Gasteiger charge is 2.05. The van der Waals surface area contributed by atoms with Gasteiger partial charge < -0.3 is 14.8 Å². The summed E-state index contributed by atoms with van der Waals surface area (Å²) in [4.78, 5) is 8.84. The summed E-state index contributed by atoms with van der Waals surface area (Å²) < 4.78 is 11.0. The van der Waals surface area contributed by atoms with Crippen LogP contribution in [-0.4, -0.2) is 36.3 Å². The van der Waals surface area contributed by atoms with E-state index >= 15 is 0 Å². The molecule has 0 bridgehead atoms. The van der Waals surface area contributed by atoms with Gasteiger partial charge in [-0.25, -0.2) is 4.98 Å². The highest BCUT2D eigenvalue weighted by Crippen LogP contribution is 2.15. The lowest BCUT2D eigenvalue weighted by Gasteiger charge is -2.11. The third-order valence-electron chi connectivity index (χ3n) is 2.61. The first-order valence-corrected chi connectivity index (χ1v) is 7.48. The Morgan fingerprint density at radius 2 is 2.05 bits per heavy atom. The van der Waals surface area contributed by atoms with E-state index in [9.17, 15) is 0 Å². The van der Waals surface area contributed by atoms with Crippen molar-refractivity contribution >= 4 is 5.82 Å². The van der Waals surface area contributed by atoms with Gasteiger partial charge in [0.25, 0.3) is 0 Å². The quantitative estimate of drug-likeness (QED) is 0.668. The minimum Gasteiger partial charge on any atom is -0.477 e. The predicted octanol–water partition coefficient (Wildman–Crippen LogP) is 2.91. The average Bonchev–Trinajstić information content (AvgIpc) is 2.44. The van der Waals surface area contributed by atoms with Gasteiger partial charge in [0.15, 0.2) is 0 Å². The molecule has 0 atom stereocenters. The number of aromatic nitrogens is 2. The lowest BCUT2D eigenvalue weighted by Crippen LogP contribution is -2.11. The topological polar surface area (TPSA) is 56.3 Å². The molecule has 1 aromatic rings. The summed E-state index contributed by atoms with van der Waals surface area (Å²) in [5.41, 5.74) is 0. The lowest BCUT2D eigenvalue weighted by molar-refractivity contribution is 0.147. The number of nitrogens with one attached hydrogen (secondary N) is 1. The molecule has 0 aliphatic heterocycles. The summed E-state index contributed by atoms with van der Waals surface area (Å²) in [5, 5.41) is 3.30. The molecule has 1 heterocycles. The molecule has 1 aromatic heterocycles. The van der Waals surface area contributed by atoms with Crippen molar-refractivity contribution in [1.82, 2.24) is 9.97 Å². The zero-order valence-electron chi connectivity index (χ0n) is 13.1. The van der Waals surface area contributed by atoms with Gasteiger partial charge in [-0.05, 0) is 19.3 Å². The number of ether oxygens (including phenoxy) is 2. The molecule has 0 amide bonds. The monoisotopic (exact) mass is 281 g/mol. The minimum atomic E-state index is 0.484. The SMILES string of the molecule is CCOCCCNc1cc(OCC(C)C)nc(CC)n1. The van der Waals surface area contributed by atoms with Crippen molar-refractivity contribution in [1.29, 1.82) is 0 Å². The summed E-state index contributed by atoms with van der Waals surface area (Å²) >= 11 is 0. The van der Waals surface area contributed by atoms with E-state index in [0.717, 1.165) is 44.2 Å². The van der Waals surface area contributed by atoms with Crippen molar-refractivity contribution in [2.45, 2.75) is 40.5 Å². The van der Waals surface area contributed by atoms with E-state index in [1.165, 1.54) is 0 Å². The van der Waals surface area contributed by atoms with E-state index in [4.69, 9.17) is 9.47 Å². The molecule has 0 spiro atoms. The Morgan fingerprint density at radius 1 is 1.25 bits per heavy atom. The first kappa shape index (κ1) is 16.7. The molecule has 0 radical (unpaired) electrons. The third-order valence-corrected chi connectivity index (χ3v) is 2.61. The Hall–Kier alpha value is -1.36. The van der Waals surface area contributed by atoms with E-state index in [2.05, 4.69) is 29.1 Å². The molecule has 0 saturated heterocycles. The fraction of sp³-hybridized carbons (Fsp3) is 0.733. The van der Waals surface area contributed by atoms with Crippen LogP contribution in [0.25, 0.3) is 0 Å². The summed E-state index contributed by atoms with van der Waals surface area (Å²) in [6.45, 7) is 11.3. The second-order valence-corrected chi connectivity index (χ2v) is 5.04. The van der Waals surface area contributed by atoms with Crippen molar-refractivity contribution in [3.63, 3.8) is 0 Å². The summed E-state index contributed by atoms with van der Waals surface area (Å²) in [7, 11) is 0. The largest absolute Gasteiger partial charge is 0.477 e. The maximum atomic E-state index is 5.68. The van der Waals surface area contributed by atoms with Crippen LogP contribution in [0.4, 0.5) is 5.82 Å². The van der Waals surface area contributed by atoms with Crippen molar-refractivity contribution in [2.24, 2.45) is 5.92 Å². The van der Waals surface area contributed by atoms with Gasteiger partial charge in [-0.1, -0.05) is 20.8 Å². The van der Waals surface area contributed by atoms with Gasteiger partial charge >= 0.3 is 0 Å².